The van der Waals surface area contributed by atoms with Crippen LogP contribution in [0.1, 0.15) is 28.4 Å². The predicted octanol–water partition coefficient (Wildman–Crippen LogP) is 2.43. The van der Waals surface area contributed by atoms with Gasteiger partial charge in [-0.25, -0.2) is 10.2 Å². The number of carboxylic acid groups (broad SMARTS) is 1. The first-order valence-corrected chi connectivity index (χ1v) is 6.89. The molecule has 0 atom stereocenters. The molecule has 0 unspecified atom stereocenters. The summed E-state index contributed by atoms with van der Waals surface area (Å²) < 4.78 is 5.63. The fraction of sp³-hybridized carbons (Fsp3) is 0.118. The lowest BCUT2D eigenvalue weighted by molar-refractivity contribution is -0.118. The predicted molar refractivity (Wildman–Crippen MR) is 85.6 cm³/mol. The van der Waals surface area contributed by atoms with Gasteiger partial charge in [-0.1, -0.05) is 12.1 Å². The lowest BCUT2D eigenvalue weighted by Gasteiger charge is -2.07. The van der Waals surface area contributed by atoms with E-state index in [0.29, 0.717) is 12.4 Å². The van der Waals surface area contributed by atoms with Crippen LogP contribution in [0, 0.1) is 0 Å². The molecule has 118 valence electrons. The van der Waals surface area contributed by atoms with Crippen LogP contribution in [0.3, 0.4) is 0 Å². The van der Waals surface area contributed by atoms with Crippen molar-refractivity contribution in [2.75, 3.05) is 0 Å². The third-order valence-corrected chi connectivity index (χ3v) is 2.92. The summed E-state index contributed by atoms with van der Waals surface area (Å²) in [6.45, 7) is 1.73. The first-order chi connectivity index (χ1) is 11.0. The zero-order valence-corrected chi connectivity index (χ0v) is 12.5. The molecule has 2 rings (SSSR count). The second-order valence-corrected chi connectivity index (χ2v) is 4.79. The normalized spacial score (nSPS) is 10.5. The summed E-state index contributed by atoms with van der Waals surface area (Å²) in [7, 11) is 0. The van der Waals surface area contributed by atoms with Gasteiger partial charge in [-0.2, -0.15) is 5.10 Å². The summed E-state index contributed by atoms with van der Waals surface area (Å²) in [6.07, 6.45) is 1.54. The van der Waals surface area contributed by atoms with Crippen molar-refractivity contribution < 1.29 is 19.4 Å². The van der Waals surface area contributed by atoms with Gasteiger partial charge in [0.15, 0.2) is 0 Å². The number of rotatable bonds is 6. The molecule has 0 bridgehead atoms. The minimum absolute atomic E-state index is 0.227. The SMILES string of the molecule is CC(=O)N/N=C\c1ccc(OCc2ccc(C(=O)O)cc2)cc1. The molecule has 2 N–H and O–H groups in total. The van der Waals surface area contributed by atoms with Gasteiger partial charge >= 0.3 is 5.97 Å². The topological polar surface area (TPSA) is 88.0 Å². The minimum Gasteiger partial charge on any atom is -0.489 e. The summed E-state index contributed by atoms with van der Waals surface area (Å²) in [5.41, 5.74) is 4.28. The zero-order chi connectivity index (χ0) is 16.7. The van der Waals surface area contributed by atoms with Crippen LogP contribution in [0.15, 0.2) is 53.6 Å². The fourth-order valence-corrected chi connectivity index (χ4v) is 1.76. The largest absolute Gasteiger partial charge is 0.489 e. The van der Waals surface area contributed by atoms with E-state index in [9.17, 15) is 9.59 Å². The summed E-state index contributed by atoms with van der Waals surface area (Å²) in [6, 6.07) is 13.7. The van der Waals surface area contributed by atoms with E-state index in [1.54, 1.807) is 36.4 Å². The van der Waals surface area contributed by atoms with E-state index >= 15 is 0 Å². The lowest BCUT2D eigenvalue weighted by atomic mass is 10.1. The molecule has 0 saturated heterocycles. The molecule has 0 fully saturated rings. The molecule has 0 saturated carbocycles. The Bertz CT molecular complexity index is 706. The number of carboxylic acids is 1. The molecule has 2 aromatic carbocycles. The maximum absolute atomic E-state index is 10.8. The van der Waals surface area contributed by atoms with Gasteiger partial charge in [0.05, 0.1) is 11.8 Å². The highest BCUT2D eigenvalue weighted by molar-refractivity contribution is 5.87. The standard InChI is InChI=1S/C17H16N2O4/c1-12(20)19-18-10-13-4-8-16(9-5-13)23-11-14-2-6-15(7-3-14)17(21)22/h2-10H,11H2,1H3,(H,19,20)(H,21,22)/b18-10-. The van der Waals surface area contributed by atoms with Crippen LogP contribution < -0.4 is 10.2 Å². The Labute approximate surface area is 133 Å². The Balaban J connectivity index is 1.89. The Kier molecular flexibility index (Phi) is 5.46. The molecule has 6 nitrogen and oxygen atoms in total. The van der Waals surface area contributed by atoms with E-state index in [-0.39, 0.29) is 11.5 Å². The third-order valence-electron chi connectivity index (χ3n) is 2.92. The number of amides is 1. The molecule has 0 radical (unpaired) electrons. The number of carbonyl (C=O) groups is 2. The Morgan fingerprint density at radius 3 is 2.35 bits per heavy atom. The Hall–Kier alpha value is -3.15. The molecular formula is C17H16N2O4. The van der Waals surface area contributed by atoms with Crippen molar-refractivity contribution >= 4 is 18.1 Å². The molecule has 6 heteroatoms. The lowest BCUT2D eigenvalue weighted by Crippen LogP contribution is -2.12. The number of carbonyl (C=O) groups excluding carboxylic acids is 1. The summed E-state index contributed by atoms with van der Waals surface area (Å²) in [5, 5.41) is 12.6. The number of ether oxygens (including phenoxy) is 1. The van der Waals surface area contributed by atoms with Crippen LogP contribution in [0.2, 0.25) is 0 Å². The average molecular weight is 312 g/mol. The highest BCUT2D eigenvalue weighted by Crippen LogP contribution is 2.14. The molecule has 0 spiro atoms. The molecular weight excluding hydrogens is 296 g/mol. The maximum atomic E-state index is 10.8. The highest BCUT2D eigenvalue weighted by atomic mass is 16.5. The molecule has 0 heterocycles. The second-order valence-electron chi connectivity index (χ2n) is 4.79. The molecule has 0 aliphatic rings. The van der Waals surface area contributed by atoms with E-state index in [1.807, 2.05) is 12.1 Å². The van der Waals surface area contributed by atoms with Gasteiger partial charge in [0.2, 0.25) is 5.91 Å². The van der Waals surface area contributed by atoms with Crippen molar-refractivity contribution in [3.05, 3.63) is 65.2 Å². The first-order valence-electron chi connectivity index (χ1n) is 6.89. The van der Waals surface area contributed by atoms with Crippen molar-refractivity contribution in [1.29, 1.82) is 0 Å². The quantitative estimate of drug-likeness (QED) is 0.633. The number of aromatic carboxylic acids is 1. The number of hydrogen-bond acceptors (Lipinski definition) is 4. The van der Waals surface area contributed by atoms with Crippen molar-refractivity contribution in [2.24, 2.45) is 5.10 Å². The first kappa shape index (κ1) is 16.2. The van der Waals surface area contributed by atoms with Crippen LogP contribution in [-0.4, -0.2) is 23.2 Å². The van der Waals surface area contributed by atoms with Gasteiger partial charge in [0.1, 0.15) is 12.4 Å². The van der Waals surface area contributed by atoms with E-state index < -0.39 is 5.97 Å². The molecule has 23 heavy (non-hydrogen) atoms. The summed E-state index contributed by atoms with van der Waals surface area (Å²) in [5.74, 6) is -0.493. The molecule has 0 aromatic heterocycles. The molecule has 1 amide bonds. The van der Waals surface area contributed by atoms with Crippen LogP contribution >= 0.6 is 0 Å². The van der Waals surface area contributed by atoms with E-state index in [4.69, 9.17) is 9.84 Å². The number of hydrogen-bond donors (Lipinski definition) is 2. The van der Waals surface area contributed by atoms with Crippen LogP contribution in [0.4, 0.5) is 0 Å². The van der Waals surface area contributed by atoms with Gasteiger partial charge in [-0.15, -0.1) is 0 Å². The van der Waals surface area contributed by atoms with Crippen molar-refractivity contribution in [3.63, 3.8) is 0 Å². The minimum atomic E-state index is -0.950. The van der Waals surface area contributed by atoms with Crippen LogP contribution in [0.25, 0.3) is 0 Å². The fourth-order valence-electron chi connectivity index (χ4n) is 1.76. The average Bonchev–Trinajstić information content (AvgIpc) is 2.54. The third kappa shape index (κ3) is 5.28. The van der Waals surface area contributed by atoms with Crippen LogP contribution in [-0.2, 0) is 11.4 Å². The molecule has 0 aliphatic heterocycles. The Morgan fingerprint density at radius 1 is 1.13 bits per heavy atom. The summed E-state index contributed by atoms with van der Waals surface area (Å²) >= 11 is 0. The summed E-state index contributed by atoms with van der Waals surface area (Å²) in [4.78, 5) is 21.5. The second kappa shape index (κ2) is 7.74. The number of hydrazone groups is 1. The monoisotopic (exact) mass is 312 g/mol. The van der Waals surface area contributed by atoms with E-state index in [1.165, 1.54) is 13.1 Å². The van der Waals surface area contributed by atoms with Crippen LogP contribution in [0.5, 0.6) is 5.75 Å². The van der Waals surface area contributed by atoms with Gasteiger partial charge in [-0.05, 0) is 47.5 Å². The molecule has 2 aromatic rings. The van der Waals surface area contributed by atoms with Gasteiger partial charge < -0.3 is 9.84 Å². The highest BCUT2D eigenvalue weighted by Gasteiger charge is 2.02. The van der Waals surface area contributed by atoms with Crippen molar-refractivity contribution in [1.82, 2.24) is 5.43 Å². The van der Waals surface area contributed by atoms with E-state index in [2.05, 4.69) is 10.5 Å². The smallest absolute Gasteiger partial charge is 0.335 e. The van der Waals surface area contributed by atoms with Gasteiger partial charge in [-0.3, -0.25) is 4.79 Å². The maximum Gasteiger partial charge on any atom is 0.335 e. The Morgan fingerprint density at radius 2 is 1.78 bits per heavy atom. The number of benzene rings is 2. The van der Waals surface area contributed by atoms with Crippen molar-refractivity contribution in [2.45, 2.75) is 13.5 Å². The number of nitrogens with zero attached hydrogens (tertiary/aromatic N) is 1. The number of nitrogens with one attached hydrogen (secondary N) is 1. The van der Waals surface area contributed by atoms with Gasteiger partial charge in [0, 0.05) is 6.92 Å². The van der Waals surface area contributed by atoms with Crippen molar-refractivity contribution in [3.8, 4) is 5.75 Å². The van der Waals surface area contributed by atoms with Gasteiger partial charge in [0.25, 0.3) is 0 Å². The van der Waals surface area contributed by atoms with E-state index in [0.717, 1.165) is 11.1 Å². The molecule has 0 aliphatic carbocycles. The zero-order valence-electron chi connectivity index (χ0n) is 12.5.